The fourth-order valence-corrected chi connectivity index (χ4v) is 2.27. The summed E-state index contributed by atoms with van der Waals surface area (Å²) in [6.07, 6.45) is 6.24. The van der Waals surface area contributed by atoms with Gasteiger partial charge in [0.25, 0.3) is 0 Å². The van der Waals surface area contributed by atoms with Gasteiger partial charge in [-0.05, 0) is 19.8 Å². The summed E-state index contributed by atoms with van der Waals surface area (Å²) >= 11 is 0. The summed E-state index contributed by atoms with van der Waals surface area (Å²) < 4.78 is 4.76. The van der Waals surface area contributed by atoms with Crippen LogP contribution in [0.4, 0.5) is 0 Å². The highest BCUT2D eigenvalue weighted by molar-refractivity contribution is 5.90. The van der Waals surface area contributed by atoms with Crippen LogP contribution in [0.1, 0.15) is 53.5 Å². The van der Waals surface area contributed by atoms with E-state index in [1.807, 2.05) is 6.92 Å². The summed E-state index contributed by atoms with van der Waals surface area (Å²) in [6, 6.07) is 0. The SMILES string of the molecule is COC(=O)c1cnc(C)nc1C1CCCC1. The van der Waals surface area contributed by atoms with Gasteiger partial charge in [-0.3, -0.25) is 0 Å². The van der Waals surface area contributed by atoms with Crippen LogP contribution in [-0.2, 0) is 4.74 Å². The standard InChI is InChI=1S/C12H16N2O2/c1-8-13-7-10(12(15)16-2)11(14-8)9-5-3-4-6-9/h7,9H,3-6H2,1-2H3. The number of aryl methyl sites for hydroxylation is 1. The van der Waals surface area contributed by atoms with E-state index in [0.29, 0.717) is 11.5 Å². The predicted molar refractivity (Wildman–Crippen MR) is 59.3 cm³/mol. The lowest BCUT2D eigenvalue weighted by Gasteiger charge is -2.12. The Bertz CT molecular complexity index is 398. The lowest BCUT2D eigenvalue weighted by Crippen LogP contribution is -2.12. The molecule has 4 heteroatoms. The fraction of sp³-hybridized carbons (Fsp3) is 0.583. The summed E-state index contributed by atoms with van der Waals surface area (Å²) in [5, 5.41) is 0. The normalized spacial score (nSPS) is 16.4. The summed E-state index contributed by atoms with van der Waals surface area (Å²) in [5.41, 5.74) is 1.40. The Labute approximate surface area is 95.1 Å². The van der Waals surface area contributed by atoms with E-state index in [2.05, 4.69) is 9.97 Å². The number of rotatable bonds is 2. The minimum atomic E-state index is -0.332. The van der Waals surface area contributed by atoms with Gasteiger partial charge in [0.1, 0.15) is 5.82 Å². The number of nitrogens with zero attached hydrogens (tertiary/aromatic N) is 2. The van der Waals surface area contributed by atoms with E-state index in [1.54, 1.807) is 6.20 Å². The Balaban J connectivity index is 2.39. The second kappa shape index (κ2) is 4.60. The maximum atomic E-state index is 11.6. The molecule has 2 rings (SSSR count). The first-order valence-electron chi connectivity index (χ1n) is 5.64. The zero-order valence-corrected chi connectivity index (χ0v) is 9.69. The molecule has 0 saturated heterocycles. The lowest BCUT2D eigenvalue weighted by molar-refractivity contribution is 0.0597. The highest BCUT2D eigenvalue weighted by Crippen LogP contribution is 2.34. The van der Waals surface area contributed by atoms with E-state index >= 15 is 0 Å². The van der Waals surface area contributed by atoms with E-state index in [4.69, 9.17) is 4.74 Å². The van der Waals surface area contributed by atoms with Crippen LogP contribution < -0.4 is 0 Å². The summed E-state index contributed by atoms with van der Waals surface area (Å²) in [4.78, 5) is 20.1. The summed E-state index contributed by atoms with van der Waals surface area (Å²) in [6.45, 7) is 1.85. The molecule has 0 N–H and O–H groups in total. The molecule has 1 heterocycles. The molecule has 0 unspecified atom stereocenters. The first kappa shape index (κ1) is 11.0. The van der Waals surface area contributed by atoms with Gasteiger partial charge in [-0.2, -0.15) is 0 Å². The van der Waals surface area contributed by atoms with Crippen LogP contribution >= 0.6 is 0 Å². The van der Waals surface area contributed by atoms with Crippen molar-refractivity contribution in [3.63, 3.8) is 0 Å². The molecule has 0 atom stereocenters. The number of aromatic nitrogens is 2. The van der Waals surface area contributed by atoms with Gasteiger partial charge in [0, 0.05) is 12.1 Å². The molecule has 0 spiro atoms. The molecule has 86 valence electrons. The molecule has 0 amide bonds. The van der Waals surface area contributed by atoms with Crippen molar-refractivity contribution >= 4 is 5.97 Å². The molecule has 16 heavy (non-hydrogen) atoms. The molecule has 1 aliphatic carbocycles. The quantitative estimate of drug-likeness (QED) is 0.717. The molecule has 0 aromatic carbocycles. The second-order valence-electron chi connectivity index (χ2n) is 4.19. The number of hydrogen-bond donors (Lipinski definition) is 0. The van der Waals surface area contributed by atoms with E-state index in [0.717, 1.165) is 24.4 Å². The third-order valence-electron chi connectivity index (χ3n) is 3.09. The fourth-order valence-electron chi connectivity index (χ4n) is 2.27. The zero-order chi connectivity index (χ0) is 11.5. The lowest BCUT2D eigenvalue weighted by atomic mass is 9.99. The van der Waals surface area contributed by atoms with E-state index in [9.17, 15) is 4.79 Å². The number of carbonyl (C=O) groups is 1. The average Bonchev–Trinajstić information content (AvgIpc) is 2.81. The van der Waals surface area contributed by atoms with Gasteiger partial charge < -0.3 is 4.74 Å². The van der Waals surface area contributed by atoms with Crippen molar-refractivity contribution in [2.45, 2.75) is 38.5 Å². The molecular formula is C12H16N2O2. The van der Waals surface area contributed by atoms with Crippen molar-refractivity contribution in [1.82, 2.24) is 9.97 Å². The van der Waals surface area contributed by atoms with Crippen molar-refractivity contribution in [3.05, 3.63) is 23.3 Å². The highest BCUT2D eigenvalue weighted by atomic mass is 16.5. The molecule has 0 radical (unpaired) electrons. The first-order valence-corrected chi connectivity index (χ1v) is 5.64. The molecule has 1 aromatic heterocycles. The number of ether oxygens (including phenoxy) is 1. The first-order chi connectivity index (χ1) is 7.72. The average molecular weight is 220 g/mol. The zero-order valence-electron chi connectivity index (χ0n) is 9.69. The van der Waals surface area contributed by atoms with E-state index in [-0.39, 0.29) is 5.97 Å². The Morgan fingerprint density at radius 3 is 2.75 bits per heavy atom. The molecule has 4 nitrogen and oxygen atoms in total. The monoisotopic (exact) mass is 220 g/mol. The van der Waals surface area contributed by atoms with Crippen molar-refractivity contribution < 1.29 is 9.53 Å². The van der Waals surface area contributed by atoms with Crippen molar-refractivity contribution in [2.24, 2.45) is 0 Å². The summed E-state index contributed by atoms with van der Waals surface area (Å²) in [5.74, 6) is 0.784. The van der Waals surface area contributed by atoms with Crippen LogP contribution in [0.25, 0.3) is 0 Å². The molecule has 1 aliphatic rings. The predicted octanol–water partition coefficient (Wildman–Crippen LogP) is 2.23. The van der Waals surface area contributed by atoms with Gasteiger partial charge >= 0.3 is 5.97 Å². The molecule has 1 saturated carbocycles. The van der Waals surface area contributed by atoms with E-state index in [1.165, 1.54) is 20.0 Å². The van der Waals surface area contributed by atoms with Crippen molar-refractivity contribution in [2.75, 3.05) is 7.11 Å². The van der Waals surface area contributed by atoms with Crippen LogP contribution in [0.5, 0.6) is 0 Å². The van der Waals surface area contributed by atoms with Gasteiger partial charge in [-0.25, -0.2) is 14.8 Å². The number of hydrogen-bond acceptors (Lipinski definition) is 4. The Morgan fingerprint density at radius 2 is 2.12 bits per heavy atom. The van der Waals surface area contributed by atoms with Crippen molar-refractivity contribution in [3.8, 4) is 0 Å². The largest absolute Gasteiger partial charge is 0.465 e. The smallest absolute Gasteiger partial charge is 0.341 e. The Kier molecular flexibility index (Phi) is 3.17. The number of carbonyl (C=O) groups excluding carboxylic acids is 1. The van der Waals surface area contributed by atoms with Crippen LogP contribution in [0.15, 0.2) is 6.20 Å². The maximum Gasteiger partial charge on any atom is 0.341 e. The second-order valence-corrected chi connectivity index (χ2v) is 4.19. The van der Waals surface area contributed by atoms with Gasteiger partial charge in [0.05, 0.1) is 18.4 Å². The summed E-state index contributed by atoms with van der Waals surface area (Å²) in [7, 11) is 1.39. The topological polar surface area (TPSA) is 52.1 Å². The minimum Gasteiger partial charge on any atom is -0.465 e. The third kappa shape index (κ3) is 2.05. The molecule has 1 fully saturated rings. The Morgan fingerprint density at radius 1 is 1.44 bits per heavy atom. The van der Waals surface area contributed by atoms with E-state index < -0.39 is 0 Å². The van der Waals surface area contributed by atoms with Crippen LogP contribution in [0.3, 0.4) is 0 Å². The van der Waals surface area contributed by atoms with Crippen LogP contribution in [0.2, 0.25) is 0 Å². The molecule has 0 bridgehead atoms. The van der Waals surface area contributed by atoms with Crippen molar-refractivity contribution in [1.29, 1.82) is 0 Å². The number of methoxy groups -OCH3 is 1. The van der Waals surface area contributed by atoms with Gasteiger partial charge in [-0.1, -0.05) is 12.8 Å². The minimum absolute atomic E-state index is 0.332. The highest BCUT2D eigenvalue weighted by Gasteiger charge is 2.24. The maximum absolute atomic E-state index is 11.6. The van der Waals surface area contributed by atoms with Gasteiger partial charge in [-0.15, -0.1) is 0 Å². The Hall–Kier alpha value is -1.45. The molecular weight excluding hydrogens is 204 g/mol. The van der Waals surface area contributed by atoms with Gasteiger partial charge in [0.15, 0.2) is 0 Å². The molecule has 1 aromatic rings. The molecule has 0 aliphatic heterocycles. The number of esters is 1. The van der Waals surface area contributed by atoms with Crippen LogP contribution in [-0.4, -0.2) is 23.0 Å². The van der Waals surface area contributed by atoms with Gasteiger partial charge in [0.2, 0.25) is 0 Å². The van der Waals surface area contributed by atoms with Crippen LogP contribution in [0, 0.1) is 6.92 Å². The third-order valence-corrected chi connectivity index (χ3v) is 3.09.